The lowest BCUT2D eigenvalue weighted by Gasteiger charge is -2.23. The van der Waals surface area contributed by atoms with Crippen LogP contribution < -0.4 is 10.6 Å². The van der Waals surface area contributed by atoms with Gasteiger partial charge in [-0.1, -0.05) is 11.6 Å². The van der Waals surface area contributed by atoms with Gasteiger partial charge in [0.2, 0.25) is 5.91 Å². The van der Waals surface area contributed by atoms with Crippen molar-refractivity contribution in [3.8, 4) is 11.3 Å². The highest BCUT2D eigenvalue weighted by molar-refractivity contribution is 6.30. The topological polar surface area (TPSA) is 67.2 Å². The first-order valence-electron chi connectivity index (χ1n) is 7.91. The summed E-state index contributed by atoms with van der Waals surface area (Å²) < 4.78 is 5.71. The second kappa shape index (κ2) is 10.7. The molecule has 3 rings (SSSR count). The number of amides is 1. The molecule has 2 N–H and O–H groups in total. The van der Waals surface area contributed by atoms with Gasteiger partial charge in [-0.2, -0.15) is 0 Å². The second-order valence-electron chi connectivity index (χ2n) is 5.72. The van der Waals surface area contributed by atoms with Crippen LogP contribution in [0.2, 0.25) is 5.02 Å². The zero-order valence-electron chi connectivity index (χ0n) is 13.7. The van der Waals surface area contributed by atoms with Crippen LogP contribution in [0.3, 0.4) is 0 Å². The average Bonchev–Trinajstić information content (AvgIpc) is 3.04. The van der Waals surface area contributed by atoms with Gasteiger partial charge >= 0.3 is 0 Å². The Kier molecular flexibility index (Phi) is 9.28. The van der Waals surface area contributed by atoms with Gasteiger partial charge in [-0.3, -0.25) is 4.79 Å². The highest BCUT2D eigenvalue weighted by Crippen LogP contribution is 2.22. The number of rotatable bonds is 5. The van der Waals surface area contributed by atoms with Crippen LogP contribution in [0, 0.1) is 0 Å². The molecule has 1 aliphatic rings. The number of nitrogens with zero attached hydrogens (tertiary/aromatic N) is 1. The average molecular weight is 407 g/mol. The van der Waals surface area contributed by atoms with Crippen LogP contribution in [0.4, 0.5) is 0 Å². The van der Waals surface area contributed by atoms with Crippen LogP contribution in [0.5, 0.6) is 0 Å². The fraction of sp³-hybridized carbons (Fsp3) is 0.412. The summed E-state index contributed by atoms with van der Waals surface area (Å²) in [5.74, 6) is 1.33. The standard InChI is InChI=1S/C17H20ClN3O2.2ClH/c18-13-3-1-12(2-4-13)15-11-20-17(23-15)6-5-16(22)21-14-7-9-19-10-8-14;;/h1-4,11,14,19H,5-10H2,(H,21,22);2*1H. The minimum Gasteiger partial charge on any atom is -0.441 e. The van der Waals surface area contributed by atoms with Gasteiger partial charge < -0.3 is 15.1 Å². The van der Waals surface area contributed by atoms with Gasteiger partial charge in [0.05, 0.1) is 6.20 Å². The van der Waals surface area contributed by atoms with E-state index in [-0.39, 0.29) is 36.8 Å². The summed E-state index contributed by atoms with van der Waals surface area (Å²) >= 11 is 5.87. The SMILES string of the molecule is Cl.Cl.O=C(CCc1ncc(-c2ccc(Cl)cc2)o1)NC1CCNCC1. The molecule has 1 amide bonds. The van der Waals surface area contributed by atoms with Crippen molar-refractivity contribution in [2.75, 3.05) is 13.1 Å². The normalized spacial score (nSPS) is 14.3. The van der Waals surface area contributed by atoms with E-state index in [2.05, 4.69) is 15.6 Å². The lowest BCUT2D eigenvalue weighted by molar-refractivity contribution is -0.122. The monoisotopic (exact) mass is 405 g/mol. The molecule has 0 spiro atoms. The van der Waals surface area contributed by atoms with Crippen molar-refractivity contribution in [3.63, 3.8) is 0 Å². The van der Waals surface area contributed by atoms with E-state index in [9.17, 15) is 4.79 Å². The minimum atomic E-state index is 0. The molecular formula is C17H22Cl3N3O2. The summed E-state index contributed by atoms with van der Waals surface area (Å²) in [5, 5.41) is 7.04. The van der Waals surface area contributed by atoms with E-state index in [1.54, 1.807) is 6.20 Å². The van der Waals surface area contributed by atoms with Crippen molar-refractivity contribution in [3.05, 3.63) is 41.4 Å². The maximum atomic E-state index is 12.0. The summed E-state index contributed by atoms with van der Waals surface area (Å²) in [6, 6.07) is 7.68. The van der Waals surface area contributed by atoms with Crippen molar-refractivity contribution < 1.29 is 9.21 Å². The Balaban J connectivity index is 0.00000156. The van der Waals surface area contributed by atoms with Crippen LogP contribution in [-0.4, -0.2) is 30.0 Å². The molecule has 2 heterocycles. The van der Waals surface area contributed by atoms with Gasteiger partial charge in [-0.25, -0.2) is 4.98 Å². The fourth-order valence-electron chi connectivity index (χ4n) is 2.66. The third kappa shape index (κ3) is 6.51. The summed E-state index contributed by atoms with van der Waals surface area (Å²) in [6.07, 6.45) is 4.56. The lowest BCUT2D eigenvalue weighted by atomic mass is 10.1. The van der Waals surface area contributed by atoms with Crippen LogP contribution in [-0.2, 0) is 11.2 Å². The molecule has 2 aromatic rings. The van der Waals surface area contributed by atoms with Crippen molar-refractivity contribution in [1.82, 2.24) is 15.6 Å². The molecular weight excluding hydrogens is 385 g/mol. The Morgan fingerprint density at radius 1 is 1.24 bits per heavy atom. The summed E-state index contributed by atoms with van der Waals surface area (Å²) in [4.78, 5) is 16.2. The molecule has 0 saturated carbocycles. The summed E-state index contributed by atoms with van der Waals surface area (Å²) in [7, 11) is 0. The number of halogens is 3. The van der Waals surface area contributed by atoms with Crippen LogP contribution in [0.1, 0.15) is 25.2 Å². The number of carbonyl (C=O) groups excluding carboxylic acids is 1. The number of aromatic nitrogens is 1. The number of hydrogen-bond donors (Lipinski definition) is 2. The maximum Gasteiger partial charge on any atom is 0.220 e. The zero-order chi connectivity index (χ0) is 16.1. The van der Waals surface area contributed by atoms with Crippen molar-refractivity contribution >= 4 is 42.3 Å². The quantitative estimate of drug-likeness (QED) is 0.795. The molecule has 1 fully saturated rings. The van der Waals surface area contributed by atoms with E-state index < -0.39 is 0 Å². The highest BCUT2D eigenvalue weighted by atomic mass is 35.5. The first-order chi connectivity index (χ1) is 11.2. The van der Waals surface area contributed by atoms with E-state index >= 15 is 0 Å². The van der Waals surface area contributed by atoms with Gasteiger partial charge in [-0.05, 0) is 50.2 Å². The maximum absolute atomic E-state index is 12.0. The molecule has 1 aliphatic heterocycles. The number of benzene rings is 1. The molecule has 25 heavy (non-hydrogen) atoms. The van der Waals surface area contributed by atoms with Crippen molar-refractivity contribution in [2.45, 2.75) is 31.7 Å². The molecule has 8 heteroatoms. The summed E-state index contributed by atoms with van der Waals surface area (Å²) in [5.41, 5.74) is 0.923. The smallest absolute Gasteiger partial charge is 0.220 e. The van der Waals surface area contributed by atoms with Crippen LogP contribution in [0.25, 0.3) is 11.3 Å². The van der Waals surface area contributed by atoms with Gasteiger partial charge in [0, 0.05) is 29.5 Å². The first kappa shape index (κ1) is 21.8. The van der Waals surface area contributed by atoms with Crippen molar-refractivity contribution in [2.24, 2.45) is 0 Å². The Bertz CT molecular complexity index is 655. The molecule has 0 aliphatic carbocycles. The molecule has 1 aromatic carbocycles. The predicted octanol–water partition coefficient (Wildman–Crippen LogP) is 3.64. The zero-order valence-corrected chi connectivity index (χ0v) is 16.1. The van der Waals surface area contributed by atoms with Crippen molar-refractivity contribution in [1.29, 1.82) is 0 Å². The number of piperidine rings is 1. The van der Waals surface area contributed by atoms with E-state index in [1.165, 1.54) is 0 Å². The molecule has 0 unspecified atom stereocenters. The van der Waals surface area contributed by atoms with Crippen LogP contribution >= 0.6 is 36.4 Å². The molecule has 0 bridgehead atoms. The fourth-order valence-corrected chi connectivity index (χ4v) is 2.79. The van der Waals surface area contributed by atoms with E-state index in [4.69, 9.17) is 16.0 Å². The first-order valence-corrected chi connectivity index (χ1v) is 8.29. The molecule has 1 aromatic heterocycles. The number of aryl methyl sites for hydroxylation is 1. The Morgan fingerprint density at radius 3 is 2.60 bits per heavy atom. The van der Waals surface area contributed by atoms with Gasteiger partial charge in [-0.15, -0.1) is 24.8 Å². The van der Waals surface area contributed by atoms with Gasteiger partial charge in [0.1, 0.15) is 0 Å². The van der Waals surface area contributed by atoms with E-state index in [0.29, 0.717) is 29.5 Å². The molecule has 138 valence electrons. The Morgan fingerprint density at radius 2 is 1.92 bits per heavy atom. The molecule has 0 atom stereocenters. The number of hydrogen-bond acceptors (Lipinski definition) is 4. The minimum absolute atomic E-state index is 0. The third-order valence-electron chi connectivity index (χ3n) is 3.95. The van der Waals surface area contributed by atoms with E-state index in [0.717, 1.165) is 31.5 Å². The van der Waals surface area contributed by atoms with Crippen LogP contribution in [0.15, 0.2) is 34.9 Å². The third-order valence-corrected chi connectivity index (χ3v) is 4.20. The number of nitrogens with one attached hydrogen (secondary N) is 2. The number of carbonyl (C=O) groups is 1. The highest BCUT2D eigenvalue weighted by Gasteiger charge is 2.16. The largest absolute Gasteiger partial charge is 0.441 e. The van der Waals surface area contributed by atoms with Gasteiger partial charge in [0.25, 0.3) is 0 Å². The molecule has 0 radical (unpaired) electrons. The predicted molar refractivity (Wildman–Crippen MR) is 104 cm³/mol. The van der Waals surface area contributed by atoms with E-state index in [1.807, 2.05) is 24.3 Å². The Hall–Kier alpha value is -1.27. The second-order valence-corrected chi connectivity index (χ2v) is 6.15. The summed E-state index contributed by atoms with van der Waals surface area (Å²) in [6.45, 7) is 1.93. The molecule has 5 nitrogen and oxygen atoms in total. The Labute approximate surface area is 164 Å². The lowest BCUT2D eigenvalue weighted by Crippen LogP contribution is -2.42. The number of oxazole rings is 1. The molecule has 1 saturated heterocycles. The van der Waals surface area contributed by atoms with Gasteiger partial charge in [0.15, 0.2) is 11.7 Å².